The van der Waals surface area contributed by atoms with Crippen LogP contribution in [0, 0.1) is 0 Å². The van der Waals surface area contributed by atoms with Gasteiger partial charge in [0.15, 0.2) is 6.10 Å². The Hall–Kier alpha value is -1.87. The first-order valence-corrected chi connectivity index (χ1v) is 13.2. The number of ether oxygens (including phenoxy) is 1. The molecule has 1 saturated carbocycles. The zero-order valence-electron chi connectivity index (χ0n) is 17.9. The lowest BCUT2D eigenvalue weighted by Gasteiger charge is -2.30. The van der Waals surface area contributed by atoms with Crippen molar-refractivity contribution >= 4 is 39.2 Å². The highest BCUT2D eigenvalue weighted by Crippen LogP contribution is 2.60. The van der Waals surface area contributed by atoms with Crippen molar-refractivity contribution in [2.75, 3.05) is 12.9 Å². The van der Waals surface area contributed by atoms with Crippen LogP contribution in [0.2, 0.25) is 0 Å². The van der Waals surface area contributed by atoms with Crippen molar-refractivity contribution in [2.45, 2.75) is 42.3 Å². The van der Waals surface area contributed by atoms with Crippen molar-refractivity contribution < 1.29 is 40.3 Å². The van der Waals surface area contributed by atoms with Crippen LogP contribution >= 0.6 is 22.5 Å². The van der Waals surface area contributed by atoms with Crippen LogP contribution in [-0.2, 0) is 26.9 Å². The molecule has 2 aliphatic rings. The van der Waals surface area contributed by atoms with Crippen LogP contribution in [0.15, 0.2) is 46.0 Å². The molecule has 1 fully saturated rings. The third kappa shape index (κ3) is 6.84. The molecular weight excluding hydrogens is 523 g/mol. The van der Waals surface area contributed by atoms with Gasteiger partial charge in [0.25, 0.3) is 5.91 Å². The number of carbonyl (C=O) groups excluding carboxylic acids is 1. The van der Waals surface area contributed by atoms with Gasteiger partial charge in [-0.2, -0.15) is 0 Å². The van der Waals surface area contributed by atoms with E-state index in [1.54, 1.807) is 16.4 Å². The highest BCUT2D eigenvalue weighted by Gasteiger charge is 2.34. The van der Waals surface area contributed by atoms with E-state index in [1.807, 2.05) is 5.38 Å². The molecule has 6 nitrogen and oxygen atoms in total. The van der Waals surface area contributed by atoms with Gasteiger partial charge >= 0.3 is 0 Å². The molecule has 0 spiro atoms. The monoisotopic (exact) mass is 548 g/mol. The first kappa shape index (κ1) is 30.2. The van der Waals surface area contributed by atoms with Crippen molar-refractivity contribution in [1.82, 2.24) is 9.88 Å². The smallest absolute Gasteiger partial charge is 0.257 e. The third-order valence-corrected chi connectivity index (χ3v) is 8.04. The molecule has 4 rings (SSSR count). The number of aromatic nitrogens is 1. The maximum Gasteiger partial charge on any atom is 0.257 e. The molecule has 3 atom stereocenters. The van der Waals surface area contributed by atoms with E-state index in [1.165, 1.54) is 30.6 Å². The van der Waals surface area contributed by atoms with Gasteiger partial charge in [-0.1, -0.05) is 18.2 Å². The topological polar surface area (TPSA) is 91.0 Å². The number of thiazole rings is 1. The zero-order valence-corrected chi connectivity index (χ0v) is 20.3. The Balaban J connectivity index is 0.00000193. The fourth-order valence-electron chi connectivity index (χ4n) is 3.45. The van der Waals surface area contributed by atoms with Crippen molar-refractivity contribution in [3.8, 4) is 0 Å². The van der Waals surface area contributed by atoms with Gasteiger partial charge in [-0.3, -0.25) is 18.4 Å². The van der Waals surface area contributed by atoms with Gasteiger partial charge < -0.3 is 15.1 Å². The second kappa shape index (κ2) is 12.2. The average molecular weight is 549 g/mol. The summed E-state index contributed by atoms with van der Waals surface area (Å²) < 4.78 is 56.2. The minimum absolute atomic E-state index is 0. The Bertz CT molecular complexity index is 1010. The molecule has 1 aliphatic heterocycles. The number of carbonyl (C=O) groups is 1. The molecule has 192 valence electrons. The van der Waals surface area contributed by atoms with Gasteiger partial charge in [0.05, 0.1) is 28.9 Å². The van der Waals surface area contributed by atoms with Crippen molar-refractivity contribution in [1.29, 1.82) is 0 Å². The largest absolute Gasteiger partial charge is 0.412 e. The van der Waals surface area contributed by atoms with Crippen LogP contribution in [0.1, 0.15) is 41.1 Å². The Morgan fingerprint density at radius 3 is 2.41 bits per heavy atom. The van der Waals surface area contributed by atoms with Gasteiger partial charge in [0.2, 0.25) is 11.2 Å². The predicted octanol–water partition coefficient (Wildman–Crippen LogP) is 4.68. The molecule has 2 aromatic rings. The Labute approximate surface area is 201 Å². The SMILES string of the molecule is COC(C(=O)N(Cc1nc(C2CC2)cs1)C1C=CS(=O)C1)c1ccc(S(F)(F)F)cc1.F.F.O. The van der Waals surface area contributed by atoms with Crippen LogP contribution in [0.25, 0.3) is 0 Å². The van der Waals surface area contributed by atoms with Gasteiger partial charge in [-0.05, 0) is 30.5 Å². The van der Waals surface area contributed by atoms with Crippen molar-refractivity contribution in [2.24, 2.45) is 0 Å². The summed E-state index contributed by atoms with van der Waals surface area (Å²) in [5, 5.41) is 4.34. The van der Waals surface area contributed by atoms with Crippen LogP contribution in [0.4, 0.5) is 21.1 Å². The highest BCUT2D eigenvalue weighted by molar-refractivity contribution is 8.20. The molecule has 0 bridgehead atoms. The molecule has 1 aromatic heterocycles. The van der Waals surface area contributed by atoms with Crippen molar-refractivity contribution in [3.05, 3.63) is 57.4 Å². The van der Waals surface area contributed by atoms with E-state index in [0.717, 1.165) is 35.7 Å². The molecule has 2 heterocycles. The maximum absolute atomic E-state index is 13.4. The first-order valence-electron chi connectivity index (χ1n) is 9.61. The number of hydrogen-bond donors (Lipinski definition) is 0. The molecule has 34 heavy (non-hydrogen) atoms. The summed E-state index contributed by atoms with van der Waals surface area (Å²) in [5.74, 6) is 0.375. The summed E-state index contributed by atoms with van der Waals surface area (Å²) in [6.45, 7) is 0.229. The molecule has 2 N–H and O–H groups in total. The lowest BCUT2D eigenvalue weighted by atomic mass is 10.1. The fourth-order valence-corrected chi connectivity index (χ4v) is 5.86. The van der Waals surface area contributed by atoms with Gasteiger partial charge in [0.1, 0.15) is 5.01 Å². The normalized spacial score (nSPS) is 20.5. The summed E-state index contributed by atoms with van der Waals surface area (Å²) in [6.07, 6.45) is 2.91. The van der Waals surface area contributed by atoms with Gasteiger partial charge in [-0.25, -0.2) is 4.98 Å². The van der Waals surface area contributed by atoms with E-state index in [2.05, 4.69) is 4.98 Å². The van der Waals surface area contributed by atoms with E-state index < -0.39 is 44.9 Å². The van der Waals surface area contributed by atoms with E-state index in [9.17, 15) is 20.7 Å². The van der Waals surface area contributed by atoms with E-state index in [-0.39, 0.29) is 27.2 Å². The lowest BCUT2D eigenvalue weighted by Crippen LogP contribution is -2.43. The molecule has 0 saturated heterocycles. The molecule has 1 amide bonds. The summed E-state index contributed by atoms with van der Waals surface area (Å²) >= 11 is -3.86. The fraction of sp³-hybridized carbons (Fsp3) is 0.400. The number of amides is 1. The second-order valence-electron chi connectivity index (χ2n) is 7.44. The quantitative estimate of drug-likeness (QED) is 0.448. The number of benzene rings is 1. The Kier molecular flexibility index (Phi) is 10.8. The standard InChI is InChI=1S/C20H21F3N2O3S3.2FH.H2O/c1-28-19(14-4-6-16(7-5-14)31(21,22)23)20(26)25(15-8-9-30(27)12-15)10-18-24-17(11-29-18)13-2-3-13;;;/h4-9,11,13,15,19H,2-3,10,12H2,1H3;2*1H;1H2. The van der Waals surface area contributed by atoms with E-state index in [4.69, 9.17) is 4.74 Å². The highest BCUT2D eigenvalue weighted by atomic mass is 32.3. The van der Waals surface area contributed by atoms with Crippen LogP contribution in [-0.4, -0.2) is 44.4 Å². The maximum atomic E-state index is 13.4. The summed E-state index contributed by atoms with van der Waals surface area (Å²) in [4.78, 5) is 18.9. The number of hydrogen-bond acceptors (Lipinski definition) is 5. The molecule has 1 aliphatic carbocycles. The summed E-state index contributed by atoms with van der Waals surface area (Å²) in [6, 6.07) is 4.11. The molecule has 14 heteroatoms. The number of nitrogens with zero attached hydrogens (tertiary/aromatic N) is 2. The van der Waals surface area contributed by atoms with Crippen LogP contribution in [0.3, 0.4) is 0 Å². The molecule has 0 radical (unpaired) electrons. The van der Waals surface area contributed by atoms with Crippen molar-refractivity contribution in [3.63, 3.8) is 0 Å². The first-order chi connectivity index (χ1) is 14.8. The number of methoxy groups -OCH3 is 1. The van der Waals surface area contributed by atoms with Gasteiger partial charge in [0, 0.05) is 34.6 Å². The van der Waals surface area contributed by atoms with E-state index >= 15 is 0 Å². The Morgan fingerprint density at radius 2 is 1.91 bits per heavy atom. The lowest BCUT2D eigenvalue weighted by molar-refractivity contribution is -0.144. The number of halogens is 5. The average Bonchev–Trinajstić information content (AvgIpc) is 3.32. The summed E-state index contributed by atoms with van der Waals surface area (Å²) in [7, 11) is 0.181. The minimum atomic E-state index is -5.33. The molecular formula is C20H25F5N2O4S3. The molecule has 3 unspecified atom stereocenters. The summed E-state index contributed by atoms with van der Waals surface area (Å²) in [5.41, 5.74) is 1.37. The third-order valence-electron chi connectivity index (χ3n) is 5.25. The predicted molar refractivity (Wildman–Crippen MR) is 125 cm³/mol. The number of rotatable bonds is 8. The van der Waals surface area contributed by atoms with E-state index in [0.29, 0.717) is 11.5 Å². The second-order valence-corrected chi connectivity index (χ2v) is 11.0. The Morgan fingerprint density at radius 1 is 1.26 bits per heavy atom. The molecule has 1 aromatic carbocycles. The zero-order chi connectivity index (χ0) is 22.2. The van der Waals surface area contributed by atoms with Crippen LogP contribution < -0.4 is 0 Å². The van der Waals surface area contributed by atoms with Gasteiger partial charge in [-0.15, -0.1) is 23.0 Å². The van der Waals surface area contributed by atoms with Crippen LogP contribution in [0.5, 0.6) is 0 Å². The minimum Gasteiger partial charge on any atom is -0.412 e.